The molecule has 1 atom stereocenters. The highest BCUT2D eigenvalue weighted by molar-refractivity contribution is 5.53. The summed E-state index contributed by atoms with van der Waals surface area (Å²) in [4.78, 5) is 0. The van der Waals surface area contributed by atoms with Crippen LogP contribution in [0, 0.1) is 6.92 Å². The zero-order valence-corrected chi connectivity index (χ0v) is 9.88. The molecule has 84 valence electrons. The number of anilines is 1. The number of benzene rings is 1. The summed E-state index contributed by atoms with van der Waals surface area (Å²) in [5.74, 6) is 0. The minimum absolute atomic E-state index is 0.222. The Hall–Kier alpha value is -1.02. The Morgan fingerprint density at radius 3 is 2.73 bits per heavy atom. The van der Waals surface area contributed by atoms with Crippen molar-refractivity contribution in [3.05, 3.63) is 29.3 Å². The molecule has 1 aromatic rings. The summed E-state index contributed by atoms with van der Waals surface area (Å²) < 4.78 is 0. The highest BCUT2D eigenvalue weighted by Gasteiger charge is 2.03. The minimum Gasteiger partial charge on any atom is -0.393 e. The topological polar surface area (TPSA) is 32.3 Å². The van der Waals surface area contributed by atoms with E-state index in [1.165, 1.54) is 16.8 Å². The minimum atomic E-state index is -0.222. The molecular formula is C13H21NO. The number of hydrogen-bond donors (Lipinski definition) is 2. The summed E-state index contributed by atoms with van der Waals surface area (Å²) in [5, 5.41) is 12.6. The van der Waals surface area contributed by atoms with Crippen molar-refractivity contribution >= 4 is 5.69 Å². The van der Waals surface area contributed by atoms with Gasteiger partial charge >= 0.3 is 0 Å². The maximum absolute atomic E-state index is 9.27. The summed E-state index contributed by atoms with van der Waals surface area (Å²) in [5.41, 5.74) is 3.77. The summed E-state index contributed by atoms with van der Waals surface area (Å²) >= 11 is 0. The third-order valence-corrected chi connectivity index (χ3v) is 2.46. The average molecular weight is 207 g/mol. The molecule has 2 N–H and O–H groups in total. The van der Waals surface area contributed by atoms with E-state index in [9.17, 15) is 5.11 Å². The molecule has 0 heterocycles. The second-order valence-electron chi connectivity index (χ2n) is 4.08. The molecule has 0 radical (unpaired) electrons. The third kappa shape index (κ3) is 3.92. The first-order chi connectivity index (χ1) is 7.13. The first kappa shape index (κ1) is 12.1. The van der Waals surface area contributed by atoms with E-state index in [-0.39, 0.29) is 6.10 Å². The predicted octanol–water partition coefficient (Wildman–Crippen LogP) is 2.74. The van der Waals surface area contributed by atoms with E-state index < -0.39 is 0 Å². The van der Waals surface area contributed by atoms with Crippen molar-refractivity contribution in [1.29, 1.82) is 0 Å². The van der Waals surface area contributed by atoms with Crippen LogP contribution in [0.3, 0.4) is 0 Å². The summed E-state index contributed by atoms with van der Waals surface area (Å²) in [6.07, 6.45) is 1.53. The lowest BCUT2D eigenvalue weighted by Gasteiger charge is -2.12. The number of hydrogen-bond acceptors (Lipinski definition) is 2. The largest absolute Gasteiger partial charge is 0.393 e. The maximum atomic E-state index is 9.27. The molecule has 0 fully saturated rings. The van der Waals surface area contributed by atoms with Gasteiger partial charge in [-0.3, -0.25) is 0 Å². The monoisotopic (exact) mass is 207 g/mol. The fraction of sp³-hybridized carbons (Fsp3) is 0.538. The van der Waals surface area contributed by atoms with Crippen LogP contribution in [0.2, 0.25) is 0 Å². The lowest BCUT2D eigenvalue weighted by molar-refractivity contribution is 0.185. The van der Waals surface area contributed by atoms with Crippen molar-refractivity contribution < 1.29 is 5.11 Å². The van der Waals surface area contributed by atoms with Crippen LogP contribution in [0.1, 0.15) is 31.4 Å². The molecule has 15 heavy (non-hydrogen) atoms. The quantitative estimate of drug-likeness (QED) is 0.778. The van der Waals surface area contributed by atoms with Gasteiger partial charge in [-0.05, 0) is 50.8 Å². The molecule has 0 aromatic heterocycles. The number of aliphatic hydroxyl groups is 1. The van der Waals surface area contributed by atoms with Gasteiger partial charge in [-0.15, -0.1) is 0 Å². The predicted molar refractivity (Wildman–Crippen MR) is 65.3 cm³/mol. The lowest BCUT2D eigenvalue weighted by Crippen LogP contribution is -2.05. The highest BCUT2D eigenvalue weighted by atomic mass is 16.3. The van der Waals surface area contributed by atoms with E-state index in [4.69, 9.17) is 0 Å². The Balaban J connectivity index is 2.76. The molecule has 2 nitrogen and oxygen atoms in total. The molecule has 0 aliphatic rings. The molecule has 0 spiro atoms. The zero-order chi connectivity index (χ0) is 11.3. The van der Waals surface area contributed by atoms with Crippen LogP contribution >= 0.6 is 0 Å². The van der Waals surface area contributed by atoms with E-state index in [1.54, 1.807) is 0 Å². The van der Waals surface area contributed by atoms with Crippen LogP contribution in [0.25, 0.3) is 0 Å². The van der Waals surface area contributed by atoms with E-state index in [0.717, 1.165) is 19.4 Å². The van der Waals surface area contributed by atoms with Gasteiger partial charge in [-0.1, -0.05) is 12.1 Å². The standard InChI is InChI=1S/C13H21NO/c1-4-14-13-9-10(2)5-7-12(13)8-6-11(3)15/h5,7,9,11,14-15H,4,6,8H2,1-3H3. The van der Waals surface area contributed by atoms with Gasteiger partial charge in [0, 0.05) is 12.2 Å². The van der Waals surface area contributed by atoms with Gasteiger partial charge in [0.15, 0.2) is 0 Å². The lowest BCUT2D eigenvalue weighted by atomic mass is 10.0. The molecule has 2 heteroatoms. The Kier molecular flexibility index (Phi) is 4.63. The first-order valence-corrected chi connectivity index (χ1v) is 5.65. The third-order valence-electron chi connectivity index (χ3n) is 2.46. The highest BCUT2D eigenvalue weighted by Crippen LogP contribution is 2.19. The fourth-order valence-electron chi connectivity index (χ4n) is 1.63. The number of rotatable bonds is 5. The van der Waals surface area contributed by atoms with Crippen molar-refractivity contribution in [2.45, 2.75) is 39.7 Å². The van der Waals surface area contributed by atoms with Gasteiger partial charge in [0.25, 0.3) is 0 Å². The molecule has 0 bridgehead atoms. The molecule has 0 amide bonds. The number of aryl methyl sites for hydroxylation is 2. The summed E-state index contributed by atoms with van der Waals surface area (Å²) in [7, 11) is 0. The molecule has 1 unspecified atom stereocenters. The van der Waals surface area contributed by atoms with Crippen molar-refractivity contribution in [3.63, 3.8) is 0 Å². The first-order valence-electron chi connectivity index (χ1n) is 5.65. The van der Waals surface area contributed by atoms with Gasteiger partial charge in [-0.25, -0.2) is 0 Å². The molecule has 1 aromatic carbocycles. The van der Waals surface area contributed by atoms with E-state index >= 15 is 0 Å². The summed E-state index contributed by atoms with van der Waals surface area (Å²) in [6.45, 7) is 6.96. The van der Waals surface area contributed by atoms with Crippen molar-refractivity contribution in [2.24, 2.45) is 0 Å². The van der Waals surface area contributed by atoms with Gasteiger partial charge < -0.3 is 10.4 Å². The Morgan fingerprint density at radius 1 is 1.40 bits per heavy atom. The molecule has 1 rings (SSSR count). The fourth-order valence-corrected chi connectivity index (χ4v) is 1.63. The van der Waals surface area contributed by atoms with Gasteiger partial charge in [0.2, 0.25) is 0 Å². The van der Waals surface area contributed by atoms with Crippen LogP contribution in [0.5, 0.6) is 0 Å². The van der Waals surface area contributed by atoms with Crippen LogP contribution in [-0.2, 0) is 6.42 Å². The number of nitrogens with one attached hydrogen (secondary N) is 1. The van der Waals surface area contributed by atoms with E-state index in [0.29, 0.717) is 0 Å². The van der Waals surface area contributed by atoms with Crippen LogP contribution in [0.4, 0.5) is 5.69 Å². The van der Waals surface area contributed by atoms with E-state index in [1.807, 2.05) is 6.92 Å². The number of aliphatic hydroxyl groups excluding tert-OH is 1. The Morgan fingerprint density at radius 2 is 2.13 bits per heavy atom. The SMILES string of the molecule is CCNc1cc(C)ccc1CCC(C)O. The molecule has 0 saturated carbocycles. The second kappa shape index (κ2) is 5.76. The van der Waals surface area contributed by atoms with Crippen molar-refractivity contribution in [3.8, 4) is 0 Å². The zero-order valence-electron chi connectivity index (χ0n) is 9.88. The molecular weight excluding hydrogens is 186 g/mol. The average Bonchev–Trinajstić information content (AvgIpc) is 2.17. The summed E-state index contributed by atoms with van der Waals surface area (Å²) in [6, 6.07) is 6.44. The molecule has 0 aliphatic heterocycles. The van der Waals surface area contributed by atoms with Crippen LogP contribution < -0.4 is 5.32 Å². The van der Waals surface area contributed by atoms with Crippen LogP contribution in [0.15, 0.2) is 18.2 Å². The van der Waals surface area contributed by atoms with Gasteiger partial charge in [0.1, 0.15) is 0 Å². The Labute approximate surface area is 92.3 Å². The smallest absolute Gasteiger partial charge is 0.0515 e. The Bertz CT molecular complexity index is 307. The van der Waals surface area contributed by atoms with Gasteiger partial charge in [0.05, 0.1) is 6.10 Å². The second-order valence-corrected chi connectivity index (χ2v) is 4.08. The van der Waals surface area contributed by atoms with Crippen LogP contribution in [-0.4, -0.2) is 17.8 Å². The normalized spacial score (nSPS) is 12.5. The van der Waals surface area contributed by atoms with Crippen molar-refractivity contribution in [2.75, 3.05) is 11.9 Å². The molecule has 0 saturated heterocycles. The maximum Gasteiger partial charge on any atom is 0.0515 e. The molecule has 0 aliphatic carbocycles. The van der Waals surface area contributed by atoms with Gasteiger partial charge in [-0.2, -0.15) is 0 Å². The van der Waals surface area contributed by atoms with Crippen molar-refractivity contribution in [1.82, 2.24) is 0 Å². The van der Waals surface area contributed by atoms with E-state index in [2.05, 4.69) is 37.4 Å².